The molecule has 0 saturated carbocycles. The molecule has 40 heavy (non-hydrogen) atoms. The summed E-state index contributed by atoms with van der Waals surface area (Å²) >= 11 is 0. The molecule has 1 aromatic carbocycles. The standard InChI is InChI=1S/C32H44N2O6/c1-8-16-33(23-18-20(5)12-13-22(23)7)29(37)27-32-15-14-31(11-4,40-32)26(30(38)39-17-9-2)25(32)28(36)34(27)24(19-35)21(6)10-3/h8-9,12-13,18,21,24-27,35H,1-2,10-11,14-17,19H2,3-7H3/t21-,24-,25-,26+,27?,31-,32?/m0/s1. The molecule has 3 fully saturated rings. The molecular weight excluding hydrogens is 508 g/mol. The third kappa shape index (κ3) is 4.49. The van der Waals surface area contributed by atoms with Gasteiger partial charge < -0.3 is 24.4 Å². The van der Waals surface area contributed by atoms with E-state index in [0.717, 1.165) is 16.8 Å². The summed E-state index contributed by atoms with van der Waals surface area (Å²) in [6, 6.07) is 4.30. The molecule has 7 atom stereocenters. The van der Waals surface area contributed by atoms with Crippen LogP contribution in [0.3, 0.4) is 0 Å². The molecule has 4 rings (SSSR count). The van der Waals surface area contributed by atoms with Gasteiger partial charge in [0.1, 0.15) is 24.2 Å². The lowest BCUT2D eigenvalue weighted by molar-refractivity contribution is -0.161. The van der Waals surface area contributed by atoms with Crippen LogP contribution in [0.5, 0.6) is 0 Å². The first kappa shape index (κ1) is 30.0. The van der Waals surface area contributed by atoms with Crippen molar-refractivity contribution in [2.75, 3.05) is 24.7 Å². The number of anilines is 1. The SMILES string of the molecule is C=CCOC(=O)[C@H]1[C@H]2C(=O)N([C@@H](CO)[C@@H](C)CC)C(C(=O)N(CC=C)c3cc(C)ccc3C)C23CC[C@]1(CC)O3. The fourth-order valence-corrected chi connectivity index (χ4v) is 7.29. The van der Waals surface area contributed by atoms with Crippen LogP contribution in [0.2, 0.25) is 0 Å². The van der Waals surface area contributed by atoms with Crippen LogP contribution in [0.4, 0.5) is 5.69 Å². The molecule has 1 N–H and O–H groups in total. The van der Waals surface area contributed by atoms with Gasteiger partial charge >= 0.3 is 5.97 Å². The van der Waals surface area contributed by atoms with Gasteiger partial charge in [-0.05, 0) is 56.2 Å². The average Bonchev–Trinajstić information content (AvgIpc) is 3.55. The first-order valence-corrected chi connectivity index (χ1v) is 14.5. The number of carbonyl (C=O) groups excluding carboxylic acids is 3. The Bertz CT molecular complexity index is 1180. The first-order chi connectivity index (χ1) is 19.1. The molecule has 2 bridgehead atoms. The fraction of sp³-hybridized carbons (Fsp3) is 0.594. The number of hydrogen-bond acceptors (Lipinski definition) is 6. The molecule has 0 aliphatic carbocycles. The second kappa shape index (κ2) is 11.5. The zero-order valence-electron chi connectivity index (χ0n) is 24.5. The normalized spacial score (nSPS) is 30.1. The Morgan fingerprint density at radius 2 is 1.98 bits per heavy atom. The van der Waals surface area contributed by atoms with E-state index in [0.29, 0.717) is 25.7 Å². The van der Waals surface area contributed by atoms with Crippen LogP contribution in [0.15, 0.2) is 43.5 Å². The number of aliphatic hydroxyl groups is 1. The van der Waals surface area contributed by atoms with Crippen LogP contribution in [-0.4, -0.2) is 70.8 Å². The Labute approximate surface area is 238 Å². The van der Waals surface area contributed by atoms with Gasteiger partial charge in [0, 0.05) is 12.2 Å². The van der Waals surface area contributed by atoms with Gasteiger partial charge in [0.2, 0.25) is 5.91 Å². The first-order valence-electron chi connectivity index (χ1n) is 14.5. The monoisotopic (exact) mass is 552 g/mol. The highest BCUT2D eigenvalue weighted by Crippen LogP contribution is 2.65. The summed E-state index contributed by atoms with van der Waals surface area (Å²) in [5, 5.41) is 10.6. The van der Waals surface area contributed by atoms with E-state index in [1.165, 1.54) is 6.08 Å². The van der Waals surface area contributed by atoms with E-state index in [-0.39, 0.29) is 37.5 Å². The van der Waals surface area contributed by atoms with E-state index in [9.17, 15) is 19.5 Å². The van der Waals surface area contributed by atoms with Gasteiger partial charge in [0.15, 0.2) is 0 Å². The fourth-order valence-electron chi connectivity index (χ4n) is 7.29. The number of aryl methyl sites for hydroxylation is 2. The molecule has 2 unspecified atom stereocenters. The van der Waals surface area contributed by atoms with Gasteiger partial charge in [-0.25, -0.2) is 0 Å². The molecule has 2 amide bonds. The van der Waals surface area contributed by atoms with Crippen molar-refractivity contribution in [2.24, 2.45) is 17.8 Å². The quantitative estimate of drug-likeness (QED) is 0.310. The van der Waals surface area contributed by atoms with Crippen molar-refractivity contribution in [3.8, 4) is 0 Å². The lowest BCUT2D eigenvalue weighted by atomic mass is 9.65. The molecule has 3 saturated heterocycles. The molecule has 0 radical (unpaired) electrons. The predicted molar refractivity (Wildman–Crippen MR) is 154 cm³/mol. The summed E-state index contributed by atoms with van der Waals surface area (Å²) in [4.78, 5) is 46.1. The van der Waals surface area contributed by atoms with Crippen LogP contribution < -0.4 is 4.90 Å². The molecule has 8 nitrogen and oxygen atoms in total. The number of rotatable bonds is 12. The lowest BCUT2D eigenvalue weighted by Crippen LogP contribution is -2.60. The van der Waals surface area contributed by atoms with Crippen LogP contribution >= 0.6 is 0 Å². The van der Waals surface area contributed by atoms with E-state index in [1.807, 2.05) is 52.8 Å². The van der Waals surface area contributed by atoms with Crippen molar-refractivity contribution in [1.29, 1.82) is 0 Å². The number of amides is 2. The minimum atomic E-state index is -1.21. The van der Waals surface area contributed by atoms with Crippen LogP contribution in [0.1, 0.15) is 57.6 Å². The highest BCUT2D eigenvalue weighted by molar-refractivity contribution is 6.05. The van der Waals surface area contributed by atoms with Crippen LogP contribution in [0, 0.1) is 31.6 Å². The Balaban J connectivity index is 1.90. The van der Waals surface area contributed by atoms with Crippen molar-refractivity contribution in [3.05, 3.63) is 54.6 Å². The van der Waals surface area contributed by atoms with E-state index in [4.69, 9.17) is 9.47 Å². The number of benzene rings is 1. The summed E-state index contributed by atoms with van der Waals surface area (Å²) in [6.45, 7) is 17.3. The second-order valence-electron chi connectivity index (χ2n) is 11.7. The van der Waals surface area contributed by atoms with Gasteiger partial charge in [-0.15, -0.1) is 6.58 Å². The summed E-state index contributed by atoms with van der Waals surface area (Å²) < 4.78 is 12.4. The van der Waals surface area contributed by atoms with Crippen molar-refractivity contribution >= 4 is 23.5 Å². The predicted octanol–water partition coefficient (Wildman–Crippen LogP) is 4.11. The van der Waals surface area contributed by atoms with E-state index < -0.39 is 41.1 Å². The maximum atomic E-state index is 14.8. The minimum Gasteiger partial charge on any atom is -0.461 e. The lowest BCUT2D eigenvalue weighted by Gasteiger charge is -2.41. The van der Waals surface area contributed by atoms with Gasteiger partial charge in [-0.2, -0.15) is 0 Å². The molecule has 3 aliphatic rings. The smallest absolute Gasteiger partial charge is 0.313 e. The summed E-state index contributed by atoms with van der Waals surface area (Å²) in [5.74, 6) is -2.93. The number of ether oxygens (including phenoxy) is 2. The van der Waals surface area contributed by atoms with Gasteiger partial charge in [-0.3, -0.25) is 14.4 Å². The number of likely N-dealkylation sites (tertiary alicyclic amines) is 1. The molecular formula is C32H44N2O6. The third-order valence-electron chi connectivity index (χ3n) is 9.53. The number of esters is 1. The molecule has 3 aliphatic heterocycles. The summed E-state index contributed by atoms with van der Waals surface area (Å²) in [5.41, 5.74) is 0.551. The zero-order valence-corrected chi connectivity index (χ0v) is 24.5. The van der Waals surface area contributed by atoms with Gasteiger partial charge in [0.25, 0.3) is 5.91 Å². The Hall–Kier alpha value is -2.97. The van der Waals surface area contributed by atoms with E-state index >= 15 is 0 Å². The zero-order chi connectivity index (χ0) is 29.4. The average molecular weight is 553 g/mol. The van der Waals surface area contributed by atoms with Gasteiger partial charge in [0.05, 0.1) is 24.2 Å². The van der Waals surface area contributed by atoms with Crippen LogP contribution in [-0.2, 0) is 23.9 Å². The van der Waals surface area contributed by atoms with Crippen molar-refractivity contribution in [1.82, 2.24) is 4.90 Å². The topological polar surface area (TPSA) is 96.4 Å². The molecule has 8 heteroatoms. The van der Waals surface area contributed by atoms with Crippen molar-refractivity contribution in [3.63, 3.8) is 0 Å². The molecule has 1 aromatic rings. The number of carbonyl (C=O) groups is 3. The number of hydrogen-bond donors (Lipinski definition) is 1. The largest absolute Gasteiger partial charge is 0.461 e. The van der Waals surface area contributed by atoms with Crippen LogP contribution in [0.25, 0.3) is 0 Å². The number of fused-ring (bicyclic) bond motifs is 1. The maximum absolute atomic E-state index is 14.8. The Kier molecular flexibility index (Phi) is 8.62. The molecule has 218 valence electrons. The highest BCUT2D eigenvalue weighted by atomic mass is 16.6. The van der Waals surface area contributed by atoms with Crippen molar-refractivity contribution < 1.29 is 29.0 Å². The molecule has 3 heterocycles. The van der Waals surface area contributed by atoms with E-state index in [1.54, 1.807) is 15.9 Å². The van der Waals surface area contributed by atoms with E-state index in [2.05, 4.69) is 13.2 Å². The third-order valence-corrected chi connectivity index (χ3v) is 9.53. The molecule has 1 spiro atoms. The summed E-state index contributed by atoms with van der Waals surface area (Å²) in [6.07, 6.45) is 5.38. The summed E-state index contributed by atoms with van der Waals surface area (Å²) in [7, 11) is 0. The maximum Gasteiger partial charge on any atom is 0.313 e. The Morgan fingerprint density at radius 3 is 2.58 bits per heavy atom. The van der Waals surface area contributed by atoms with Gasteiger partial charge in [-0.1, -0.05) is 58.1 Å². The highest BCUT2D eigenvalue weighted by Gasteiger charge is 2.79. The number of aliphatic hydroxyl groups excluding tert-OH is 1. The molecule has 0 aromatic heterocycles. The minimum absolute atomic E-state index is 0.0288. The van der Waals surface area contributed by atoms with Crippen molar-refractivity contribution in [2.45, 2.75) is 83.6 Å². The number of nitrogens with zero attached hydrogens (tertiary/aromatic N) is 2. The second-order valence-corrected chi connectivity index (χ2v) is 11.7. The Morgan fingerprint density at radius 1 is 1.25 bits per heavy atom.